The highest BCUT2D eigenvalue weighted by molar-refractivity contribution is 6.31. The Hall–Kier alpha value is -1.80. The van der Waals surface area contributed by atoms with Crippen molar-refractivity contribution in [2.24, 2.45) is 0 Å². The van der Waals surface area contributed by atoms with E-state index in [1.54, 1.807) is 12.1 Å². The van der Waals surface area contributed by atoms with Crippen LogP contribution in [0.4, 0.5) is 5.69 Å². The van der Waals surface area contributed by atoms with E-state index in [9.17, 15) is 4.79 Å². The third-order valence-electron chi connectivity index (χ3n) is 3.61. The number of benzene rings is 2. The normalized spacial score (nSPS) is 10.4. The zero-order valence-corrected chi connectivity index (χ0v) is 13.2. The quantitative estimate of drug-likeness (QED) is 0.726. The van der Waals surface area contributed by atoms with Crippen molar-refractivity contribution < 1.29 is 4.79 Å². The van der Waals surface area contributed by atoms with Crippen molar-refractivity contribution in [3.8, 4) is 0 Å². The van der Waals surface area contributed by atoms with Crippen molar-refractivity contribution in [2.45, 2.75) is 19.8 Å². The van der Waals surface area contributed by atoms with Gasteiger partial charge in [-0.2, -0.15) is 0 Å². The van der Waals surface area contributed by atoms with E-state index in [0.717, 1.165) is 12.1 Å². The van der Waals surface area contributed by atoms with Gasteiger partial charge in [0.15, 0.2) is 5.78 Å². The summed E-state index contributed by atoms with van der Waals surface area (Å²) in [6, 6.07) is 15.6. The molecule has 0 saturated heterocycles. The van der Waals surface area contributed by atoms with E-state index in [-0.39, 0.29) is 5.78 Å². The van der Waals surface area contributed by atoms with Gasteiger partial charge in [-0.25, -0.2) is 0 Å². The van der Waals surface area contributed by atoms with Crippen molar-refractivity contribution >= 4 is 23.1 Å². The number of rotatable bonds is 6. The molecule has 0 spiro atoms. The average Bonchev–Trinajstić information content (AvgIpc) is 2.52. The maximum atomic E-state index is 12.1. The Kier molecular flexibility index (Phi) is 5.40. The molecule has 0 radical (unpaired) electrons. The van der Waals surface area contributed by atoms with Crippen molar-refractivity contribution in [1.82, 2.24) is 0 Å². The standard InChI is InChI=1S/C18H20ClNO/c1-3-14-7-9-17(10-8-14)20(2)12-11-18(21)15-5-4-6-16(19)13-15/h4-10,13H,3,11-12H2,1-2H3. The van der Waals surface area contributed by atoms with Crippen LogP contribution in [0.1, 0.15) is 29.3 Å². The molecule has 0 saturated carbocycles. The first-order valence-electron chi connectivity index (χ1n) is 7.19. The summed E-state index contributed by atoms with van der Waals surface area (Å²) in [5.74, 6) is 0.120. The molecule has 0 bridgehead atoms. The highest BCUT2D eigenvalue weighted by Crippen LogP contribution is 2.16. The van der Waals surface area contributed by atoms with Gasteiger partial charge < -0.3 is 4.90 Å². The third-order valence-corrected chi connectivity index (χ3v) is 3.84. The second-order valence-corrected chi connectivity index (χ2v) is 5.56. The van der Waals surface area contributed by atoms with E-state index in [4.69, 9.17) is 11.6 Å². The first-order valence-corrected chi connectivity index (χ1v) is 7.57. The number of aryl methyl sites for hydroxylation is 1. The van der Waals surface area contributed by atoms with Gasteiger partial charge in [-0.1, -0.05) is 42.8 Å². The SMILES string of the molecule is CCc1ccc(N(C)CCC(=O)c2cccc(Cl)c2)cc1. The number of anilines is 1. The third kappa shape index (κ3) is 4.33. The Morgan fingerprint density at radius 3 is 2.48 bits per heavy atom. The summed E-state index contributed by atoms with van der Waals surface area (Å²) in [7, 11) is 2.01. The minimum Gasteiger partial charge on any atom is -0.374 e. The second-order valence-electron chi connectivity index (χ2n) is 5.13. The highest BCUT2D eigenvalue weighted by Gasteiger charge is 2.08. The number of carbonyl (C=O) groups is 1. The average molecular weight is 302 g/mol. The lowest BCUT2D eigenvalue weighted by Gasteiger charge is -2.19. The van der Waals surface area contributed by atoms with Crippen molar-refractivity contribution in [3.63, 3.8) is 0 Å². The smallest absolute Gasteiger partial charge is 0.164 e. The summed E-state index contributed by atoms with van der Waals surface area (Å²) in [5, 5.41) is 0.601. The summed E-state index contributed by atoms with van der Waals surface area (Å²) >= 11 is 5.91. The number of halogens is 1. The Bertz CT molecular complexity index is 607. The van der Waals surface area contributed by atoms with Crippen LogP contribution in [-0.2, 0) is 6.42 Å². The number of ketones is 1. The van der Waals surface area contributed by atoms with Gasteiger partial charge in [0.1, 0.15) is 0 Å². The molecule has 0 aromatic heterocycles. The molecule has 3 heteroatoms. The van der Waals surface area contributed by atoms with Crippen molar-refractivity contribution in [3.05, 3.63) is 64.7 Å². The Morgan fingerprint density at radius 2 is 1.86 bits per heavy atom. The second kappa shape index (κ2) is 7.28. The van der Waals surface area contributed by atoms with E-state index >= 15 is 0 Å². The summed E-state index contributed by atoms with van der Waals surface area (Å²) in [4.78, 5) is 14.2. The number of Topliss-reactive ketones (excluding diaryl/α,β-unsaturated/α-hetero) is 1. The van der Waals surface area contributed by atoms with Gasteiger partial charge in [0.05, 0.1) is 0 Å². The number of nitrogens with zero attached hydrogens (tertiary/aromatic N) is 1. The molecular formula is C18H20ClNO. The molecule has 21 heavy (non-hydrogen) atoms. The van der Waals surface area contributed by atoms with Crippen LogP contribution in [0.15, 0.2) is 48.5 Å². The van der Waals surface area contributed by atoms with Crippen LogP contribution >= 0.6 is 11.6 Å². The number of hydrogen-bond donors (Lipinski definition) is 0. The molecule has 0 aliphatic heterocycles. The Balaban J connectivity index is 1.93. The predicted octanol–water partition coefficient (Wildman–Crippen LogP) is 4.61. The van der Waals surface area contributed by atoms with E-state index < -0.39 is 0 Å². The highest BCUT2D eigenvalue weighted by atomic mass is 35.5. The molecule has 0 aliphatic rings. The van der Waals surface area contributed by atoms with Gasteiger partial charge in [-0.3, -0.25) is 4.79 Å². The molecular weight excluding hydrogens is 282 g/mol. The fraction of sp³-hybridized carbons (Fsp3) is 0.278. The summed E-state index contributed by atoms with van der Waals surface area (Å²) in [5.41, 5.74) is 3.13. The minimum atomic E-state index is 0.120. The lowest BCUT2D eigenvalue weighted by Crippen LogP contribution is -2.21. The minimum absolute atomic E-state index is 0.120. The predicted molar refractivity (Wildman–Crippen MR) is 89.5 cm³/mol. The molecule has 0 N–H and O–H groups in total. The molecule has 2 rings (SSSR count). The molecule has 0 unspecified atom stereocenters. The van der Waals surface area contributed by atoms with Crippen LogP contribution in [0.5, 0.6) is 0 Å². The zero-order chi connectivity index (χ0) is 15.2. The Morgan fingerprint density at radius 1 is 1.14 bits per heavy atom. The van der Waals surface area contributed by atoms with Gasteiger partial charge in [0, 0.05) is 36.3 Å². The lowest BCUT2D eigenvalue weighted by molar-refractivity contribution is 0.0985. The summed E-state index contributed by atoms with van der Waals surface area (Å²) < 4.78 is 0. The zero-order valence-electron chi connectivity index (χ0n) is 12.5. The molecule has 2 nitrogen and oxygen atoms in total. The molecule has 2 aromatic carbocycles. The van der Waals surface area contributed by atoms with Gasteiger partial charge in [0.25, 0.3) is 0 Å². The molecule has 0 heterocycles. The summed E-state index contributed by atoms with van der Waals surface area (Å²) in [6.45, 7) is 2.83. The topological polar surface area (TPSA) is 20.3 Å². The largest absolute Gasteiger partial charge is 0.374 e. The Labute approximate surface area is 131 Å². The number of hydrogen-bond acceptors (Lipinski definition) is 2. The number of carbonyl (C=O) groups excluding carboxylic acids is 1. The van der Waals surface area contributed by atoms with Gasteiger partial charge in [-0.15, -0.1) is 0 Å². The van der Waals surface area contributed by atoms with E-state index in [1.807, 2.05) is 19.2 Å². The summed E-state index contributed by atoms with van der Waals surface area (Å²) in [6.07, 6.45) is 1.52. The fourth-order valence-electron chi connectivity index (χ4n) is 2.19. The van der Waals surface area contributed by atoms with Crippen LogP contribution in [-0.4, -0.2) is 19.4 Å². The first kappa shape index (κ1) is 15.6. The molecule has 0 aliphatic carbocycles. The van der Waals surface area contributed by atoms with E-state index in [1.165, 1.54) is 5.56 Å². The maximum Gasteiger partial charge on any atom is 0.164 e. The van der Waals surface area contributed by atoms with Gasteiger partial charge >= 0.3 is 0 Å². The first-order chi connectivity index (χ1) is 10.1. The van der Waals surface area contributed by atoms with E-state index in [2.05, 4.69) is 36.1 Å². The van der Waals surface area contributed by atoms with Gasteiger partial charge in [0.2, 0.25) is 0 Å². The fourth-order valence-corrected chi connectivity index (χ4v) is 2.38. The molecule has 0 fully saturated rings. The van der Waals surface area contributed by atoms with Crippen LogP contribution < -0.4 is 4.90 Å². The van der Waals surface area contributed by atoms with Crippen LogP contribution in [0.2, 0.25) is 5.02 Å². The van der Waals surface area contributed by atoms with Crippen LogP contribution in [0.3, 0.4) is 0 Å². The molecule has 2 aromatic rings. The van der Waals surface area contributed by atoms with Crippen LogP contribution in [0, 0.1) is 0 Å². The lowest BCUT2D eigenvalue weighted by atomic mass is 10.1. The van der Waals surface area contributed by atoms with Gasteiger partial charge in [-0.05, 0) is 36.2 Å². The van der Waals surface area contributed by atoms with Crippen molar-refractivity contribution in [1.29, 1.82) is 0 Å². The molecule has 0 amide bonds. The van der Waals surface area contributed by atoms with E-state index in [0.29, 0.717) is 23.6 Å². The maximum absolute atomic E-state index is 12.1. The van der Waals surface area contributed by atoms with Crippen LogP contribution in [0.25, 0.3) is 0 Å². The molecule has 110 valence electrons. The monoisotopic (exact) mass is 301 g/mol. The van der Waals surface area contributed by atoms with Crippen molar-refractivity contribution in [2.75, 3.05) is 18.5 Å². The molecule has 0 atom stereocenters.